The molecule has 0 bridgehead atoms. The van der Waals surface area contributed by atoms with Crippen LogP contribution in [0.25, 0.3) is 11.0 Å². The Morgan fingerprint density at radius 2 is 1.64 bits per heavy atom. The number of nitrogens with zero attached hydrogens (tertiary/aromatic N) is 3. The first-order valence-corrected chi connectivity index (χ1v) is 12.1. The Hall–Kier alpha value is -1.60. The van der Waals surface area contributed by atoms with Crippen molar-refractivity contribution in [3.8, 4) is 11.8 Å². The van der Waals surface area contributed by atoms with E-state index in [1.54, 1.807) is 0 Å². The molecule has 2 N–H and O–H groups in total. The van der Waals surface area contributed by atoms with Crippen molar-refractivity contribution in [1.82, 2.24) is 9.97 Å². The third kappa shape index (κ3) is 4.51. The second kappa shape index (κ2) is 8.03. The minimum absolute atomic E-state index is 0.0122. The van der Waals surface area contributed by atoms with Gasteiger partial charge in [0.2, 0.25) is 10.0 Å². The van der Waals surface area contributed by atoms with Crippen LogP contribution in [0.4, 0.5) is 5.69 Å². The molecule has 0 amide bonds. The van der Waals surface area contributed by atoms with E-state index < -0.39 is 31.8 Å². The number of sulfonamides is 1. The van der Waals surface area contributed by atoms with Gasteiger partial charge in [-0.1, -0.05) is 23.2 Å². The molecule has 0 aliphatic carbocycles. The summed E-state index contributed by atoms with van der Waals surface area (Å²) in [7, 11) is -5.11. The van der Waals surface area contributed by atoms with Crippen molar-refractivity contribution in [2.24, 2.45) is 5.73 Å². The van der Waals surface area contributed by atoms with E-state index in [2.05, 4.69) is 9.97 Å². The van der Waals surface area contributed by atoms with Crippen molar-refractivity contribution >= 4 is 59.8 Å². The normalized spacial score (nSPS) is 13.4. The van der Waals surface area contributed by atoms with Crippen LogP contribution in [0.15, 0.2) is 6.07 Å². The number of methoxy groups -OCH3 is 2. The topological polar surface area (TPSA) is 142 Å². The Balaban J connectivity index is 2.88. The van der Waals surface area contributed by atoms with Crippen LogP contribution in [0.2, 0.25) is 10.0 Å². The second-order valence-corrected chi connectivity index (χ2v) is 10.7. The molecule has 0 spiro atoms. The third-order valence-corrected chi connectivity index (χ3v) is 6.86. The molecule has 0 aliphatic rings. The molecule has 0 fully saturated rings. The first-order chi connectivity index (χ1) is 12.8. The molecule has 28 heavy (non-hydrogen) atoms. The van der Waals surface area contributed by atoms with Gasteiger partial charge in [-0.15, -0.1) is 0 Å². The Bertz CT molecular complexity index is 1120. The molecule has 2 aromatic rings. The fourth-order valence-corrected chi connectivity index (χ4v) is 4.22. The van der Waals surface area contributed by atoms with Crippen molar-refractivity contribution in [3.05, 3.63) is 16.1 Å². The molecule has 0 saturated heterocycles. The number of sulfone groups is 1. The fourth-order valence-electron chi connectivity index (χ4n) is 2.28. The van der Waals surface area contributed by atoms with E-state index in [-0.39, 0.29) is 38.5 Å². The van der Waals surface area contributed by atoms with Crippen molar-refractivity contribution in [2.75, 3.05) is 37.6 Å². The summed E-state index contributed by atoms with van der Waals surface area (Å²) in [6.07, 6.45) is 1.77. The van der Waals surface area contributed by atoms with Crippen LogP contribution in [0.1, 0.15) is 0 Å². The first kappa shape index (κ1) is 22.7. The molecule has 0 saturated carbocycles. The van der Waals surface area contributed by atoms with Gasteiger partial charge in [-0.25, -0.2) is 26.8 Å². The summed E-state index contributed by atoms with van der Waals surface area (Å²) in [4.78, 5) is 8.42. The van der Waals surface area contributed by atoms with E-state index in [4.69, 9.17) is 38.4 Å². The number of ether oxygens (including phenoxy) is 2. The molecular weight excluding hydrogens is 455 g/mol. The van der Waals surface area contributed by atoms with E-state index in [1.165, 1.54) is 20.3 Å². The van der Waals surface area contributed by atoms with Gasteiger partial charge in [0.1, 0.15) is 10.9 Å². The van der Waals surface area contributed by atoms with Gasteiger partial charge in [-0.3, -0.25) is 4.31 Å². The molecule has 1 unspecified atom stereocenters. The predicted octanol–water partition coefficient (Wildman–Crippen LogP) is 1.05. The Labute approximate surface area is 172 Å². The van der Waals surface area contributed by atoms with Gasteiger partial charge in [-0.05, 0) is 6.07 Å². The van der Waals surface area contributed by atoms with Crippen molar-refractivity contribution in [3.63, 3.8) is 0 Å². The number of anilines is 1. The lowest BCUT2D eigenvalue weighted by Gasteiger charge is -2.27. The molecule has 14 heteroatoms. The maximum atomic E-state index is 12.4. The zero-order chi connectivity index (χ0) is 21.4. The number of halogens is 2. The molecule has 1 aromatic carbocycles. The molecule has 1 aromatic heterocycles. The van der Waals surface area contributed by atoms with Gasteiger partial charge in [0.15, 0.2) is 9.84 Å². The van der Waals surface area contributed by atoms with Crippen molar-refractivity contribution in [2.45, 2.75) is 5.37 Å². The quantitative estimate of drug-likeness (QED) is 0.624. The smallest absolute Gasteiger partial charge is 0.278 e. The molecule has 2 rings (SSSR count). The number of fused-ring (bicyclic) bond motifs is 1. The minimum atomic E-state index is -4.03. The standard InChI is InChI=1S/C14H18Cl2N4O6S2/c1-25-13-14(26-2)19-11-8(18-13)5-7(15)10(16)12(11)20(28(4,23)24)6-9(17)27(3,21)22/h5,9H,6,17H2,1-4H3. The zero-order valence-corrected chi connectivity index (χ0v) is 18.4. The van der Waals surface area contributed by atoms with Crippen LogP contribution in [0.3, 0.4) is 0 Å². The van der Waals surface area contributed by atoms with Crippen LogP contribution >= 0.6 is 23.2 Å². The number of nitrogens with two attached hydrogens (primary N) is 1. The van der Waals surface area contributed by atoms with Crippen molar-refractivity contribution in [1.29, 1.82) is 0 Å². The van der Waals surface area contributed by atoms with Crippen LogP contribution in [0.5, 0.6) is 11.8 Å². The zero-order valence-electron chi connectivity index (χ0n) is 15.3. The lowest BCUT2D eigenvalue weighted by molar-refractivity contribution is 0.334. The second-order valence-electron chi connectivity index (χ2n) is 5.79. The highest BCUT2D eigenvalue weighted by Gasteiger charge is 2.31. The first-order valence-electron chi connectivity index (χ1n) is 7.51. The fraction of sp³-hybridized carbons (Fsp3) is 0.429. The van der Waals surface area contributed by atoms with Crippen LogP contribution in [-0.2, 0) is 19.9 Å². The van der Waals surface area contributed by atoms with Gasteiger partial charge < -0.3 is 15.2 Å². The van der Waals surface area contributed by atoms with Crippen LogP contribution in [0, 0.1) is 0 Å². The van der Waals surface area contributed by atoms with Gasteiger partial charge >= 0.3 is 0 Å². The van der Waals surface area contributed by atoms with Gasteiger partial charge in [0.05, 0.1) is 48.3 Å². The number of hydrogen-bond donors (Lipinski definition) is 1. The average molecular weight is 473 g/mol. The van der Waals surface area contributed by atoms with Gasteiger partial charge in [0.25, 0.3) is 11.8 Å². The predicted molar refractivity (Wildman–Crippen MR) is 108 cm³/mol. The average Bonchev–Trinajstić information content (AvgIpc) is 2.58. The van der Waals surface area contributed by atoms with E-state index in [9.17, 15) is 16.8 Å². The summed E-state index contributed by atoms with van der Waals surface area (Å²) in [6, 6.07) is 1.37. The van der Waals surface area contributed by atoms with Gasteiger partial charge in [0, 0.05) is 6.26 Å². The molecular formula is C14H18Cl2N4O6S2. The summed E-state index contributed by atoms with van der Waals surface area (Å²) in [5.41, 5.74) is 5.67. The highest BCUT2D eigenvalue weighted by molar-refractivity contribution is 7.92. The minimum Gasteiger partial charge on any atom is -0.477 e. The Morgan fingerprint density at radius 3 is 2.11 bits per heavy atom. The van der Waals surface area contributed by atoms with Crippen LogP contribution < -0.4 is 19.5 Å². The van der Waals surface area contributed by atoms with E-state index in [0.29, 0.717) is 0 Å². The maximum absolute atomic E-state index is 12.4. The largest absolute Gasteiger partial charge is 0.477 e. The van der Waals surface area contributed by atoms with Crippen LogP contribution in [-0.4, -0.2) is 65.5 Å². The summed E-state index contributed by atoms with van der Waals surface area (Å²) >= 11 is 12.4. The summed E-state index contributed by atoms with van der Waals surface area (Å²) in [6.45, 7) is -0.608. The number of benzene rings is 1. The van der Waals surface area contributed by atoms with E-state index in [0.717, 1.165) is 16.8 Å². The van der Waals surface area contributed by atoms with Gasteiger partial charge in [-0.2, -0.15) is 0 Å². The maximum Gasteiger partial charge on any atom is 0.278 e. The molecule has 10 nitrogen and oxygen atoms in total. The molecule has 1 heterocycles. The van der Waals surface area contributed by atoms with Crippen molar-refractivity contribution < 1.29 is 26.3 Å². The Morgan fingerprint density at radius 1 is 1.11 bits per heavy atom. The number of rotatable bonds is 7. The highest BCUT2D eigenvalue weighted by atomic mass is 35.5. The highest BCUT2D eigenvalue weighted by Crippen LogP contribution is 2.41. The van der Waals surface area contributed by atoms with E-state index >= 15 is 0 Å². The summed E-state index contributed by atoms with van der Waals surface area (Å²) in [5.74, 6) is 0.00795. The molecule has 1 atom stereocenters. The molecule has 156 valence electrons. The molecule has 0 radical (unpaired) electrons. The SMILES string of the molecule is COc1nc2cc(Cl)c(Cl)c(N(CC(N)S(C)(=O)=O)S(C)(=O)=O)c2nc1OC. The number of aromatic nitrogens is 2. The third-order valence-electron chi connectivity index (χ3n) is 3.70. The van der Waals surface area contributed by atoms with E-state index in [1.807, 2.05) is 0 Å². The monoisotopic (exact) mass is 472 g/mol. The lowest BCUT2D eigenvalue weighted by Crippen LogP contribution is -2.45. The molecule has 0 aliphatic heterocycles. The summed E-state index contributed by atoms with van der Waals surface area (Å²) in [5, 5.41) is -1.70. The number of hydrogen-bond acceptors (Lipinski definition) is 9. The Kier molecular flexibility index (Phi) is 6.50. The summed E-state index contributed by atoms with van der Waals surface area (Å²) < 4.78 is 59.3. The lowest BCUT2D eigenvalue weighted by atomic mass is 10.2.